The predicted octanol–water partition coefficient (Wildman–Crippen LogP) is 6.37. The van der Waals surface area contributed by atoms with Gasteiger partial charge in [0.1, 0.15) is 5.82 Å². The van der Waals surface area contributed by atoms with Gasteiger partial charge in [-0.1, -0.05) is 76.3 Å². The smallest absolute Gasteiger partial charge is 0.108 e. The Hall–Kier alpha value is -1.57. The highest BCUT2D eigenvalue weighted by molar-refractivity contribution is 5.15. The van der Waals surface area contributed by atoms with Crippen LogP contribution >= 0.6 is 0 Å². The molecule has 0 saturated heterocycles. The Morgan fingerprint density at radius 2 is 1.52 bits per heavy atom. The van der Waals surface area contributed by atoms with Gasteiger partial charge in [-0.2, -0.15) is 0 Å². The average Bonchev–Trinajstić information content (AvgIpc) is 3.02. The lowest BCUT2D eigenvalue weighted by molar-refractivity contribution is 0.556. The number of unbranched alkanes of at least 4 members (excludes halogenated alkanes) is 5. The Bertz CT molecular complexity index is 571. The number of hydrogen-bond acceptors (Lipinski definition) is 1. The molecule has 0 aliphatic rings. The maximum atomic E-state index is 4.98. The molecule has 0 bridgehead atoms. The first-order chi connectivity index (χ1) is 12.3. The standard InChI is InChI=1S/C23H36N2/c1-3-5-7-12-19-25-20-22(24-23(25)18-9-6-4-2)17-13-16-21-14-10-8-11-15-21/h8,10-11,14-15,20H,3-7,9,12-13,16-19H2,1-2H3. The van der Waals surface area contributed by atoms with Crippen molar-refractivity contribution in [2.24, 2.45) is 0 Å². The van der Waals surface area contributed by atoms with Crippen LogP contribution in [0.4, 0.5) is 0 Å². The molecule has 1 aromatic heterocycles. The van der Waals surface area contributed by atoms with Crippen molar-refractivity contribution in [1.82, 2.24) is 9.55 Å². The molecule has 25 heavy (non-hydrogen) atoms. The van der Waals surface area contributed by atoms with Crippen LogP contribution in [-0.2, 0) is 25.8 Å². The highest BCUT2D eigenvalue weighted by Gasteiger charge is 2.08. The van der Waals surface area contributed by atoms with Crippen LogP contribution in [0, 0.1) is 0 Å². The summed E-state index contributed by atoms with van der Waals surface area (Å²) in [5.74, 6) is 1.32. The first kappa shape index (κ1) is 19.8. The van der Waals surface area contributed by atoms with Crippen molar-refractivity contribution in [2.75, 3.05) is 0 Å². The van der Waals surface area contributed by atoms with Gasteiger partial charge < -0.3 is 4.57 Å². The monoisotopic (exact) mass is 340 g/mol. The number of nitrogens with zero attached hydrogens (tertiary/aromatic N) is 2. The highest BCUT2D eigenvalue weighted by Crippen LogP contribution is 2.13. The number of aryl methyl sites for hydroxylation is 4. The molecule has 2 aromatic rings. The first-order valence-corrected chi connectivity index (χ1v) is 10.4. The van der Waals surface area contributed by atoms with Crippen LogP contribution in [0.5, 0.6) is 0 Å². The SMILES string of the molecule is CCCCCCn1cc(CCCc2ccccc2)nc1CCCCC. The second kappa shape index (κ2) is 11.9. The van der Waals surface area contributed by atoms with Crippen LogP contribution in [0.2, 0.25) is 0 Å². The summed E-state index contributed by atoms with van der Waals surface area (Å²) < 4.78 is 2.45. The van der Waals surface area contributed by atoms with Gasteiger partial charge in [0.25, 0.3) is 0 Å². The Labute approximate surface area is 154 Å². The van der Waals surface area contributed by atoms with Gasteiger partial charge in [0.05, 0.1) is 5.69 Å². The van der Waals surface area contributed by atoms with Gasteiger partial charge in [-0.3, -0.25) is 0 Å². The van der Waals surface area contributed by atoms with E-state index in [4.69, 9.17) is 4.98 Å². The largest absolute Gasteiger partial charge is 0.335 e. The summed E-state index contributed by atoms with van der Waals surface area (Å²) in [6.07, 6.45) is 16.0. The van der Waals surface area contributed by atoms with E-state index in [-0.39, 0.29) is 0 Å². The molecule has 0 fully saturated rings. The number of aromatic nitrogens is 2. The van der Waals surface area contributed by atoms with E-state index in [1.54, 1.807) is 0 Å². The highest BCUT2D eigenvalue weighted by atomic mass is 15.1. The molecule has 2 nitrogen and oxygen atoms in total. The molecule has 0 amide bonds. The minimum absolute atomic E-state index is 1.09. The fraction of sp³-hybridized carbons (Fsp3) is 0.609. The topological polar surface area (TPSA) is 17.8 Å². The third-order valence-corrected chi connectivity index (χ3v) is 4.91. The Morgan fingerprint density at radius 3 is 2.28 bits per heavy atom. The van der Waals surface area contributed by atoms with Crippen molar-refractivity contribution >= 4 is 0 Å². The minimum atomic E-state index is 1.09. The van der Waals surface area contributed by atoms with Crippen LogP contribution in [-0.4, -0.2) is 9.55 Å². The lowest BCUT2D eigenvalue weighted by atomic mass is 10.1. The number of benzene rings is 1. The second-order valence-electron chi connectivity index (χ2n) is 7.20. The van der Waals surface area contributed by atoms with Crippen molar-refractivity contribution in [1.29, 1.82) is 0 Å². The Balaban J connectivity index is 1.87. The maximum Gasteiger partial charge on any atom is 0.108 e. The molecule has 0 atom stereocenters. The van der Waals surface area contributed by atoms with Crippen molar-refractivity contribution in [2.45, 2.75) is 91.0 Å². The van der Waals surface area contributed by atoms with Crippen molar-refractivity contribution in [3.05, 3.63) is 53.6 Å². The van der Waals surface area contributed by atoms with Crippen LogP contribution in [0.15, 0.2) is 36.5 Å². The zero-order valence-corrected chi connectivity index (χ0v) is 16.3. The third-order valence-electron chi connectivity index (χ3n) is 4.91. The molecule has 0 unspecified atom stereocenters. The van der Waals surface area contributed by atoms with Crippen LogP contribution < -0.4 is 0 Å². The van der Waals surface area contributed by atoms with E-state index in [1.165, 1.54) is 68.4 Å². The molecular weight excluding hydrogens is 304 g/mol. The molecular formula is C23H36N2. The van der Waals surface area contributed by atoms with Crippen LogP contribution in [0.25, 0.3) is 0 Å². The lowest BCUT2D eigenvalue weighted by Crippen LogP contribution is -2.03. The van der Waals surface area contributed by atoms with E-state index in [0.717, 1.165) is 25.8 Å². The fourth-order valence-corrected chi connectivity index (χ4v) is 3.39. The van der Waals surface area contributed by atoms with E-state index in [1.807, 2.05) is 0 Å². The molecule has 0 saturated carbocycles. The summed E-state index contributed by atoms with van der Waals surface area (Å²) in [7, 11) is 0. The summed E-state index contributed by atoms with van der Waals surface area (Å²) in [5, 5.41) is 0. The third kappa shape index (κ3) is 7.46. The number of imidazole rings is 1. The molecule has 0 aliphatic heterocycles. The molecule has 2 heteroatoms. The lowest BCUT2D eigenvalue weighted by Gasteiger charge is -2.07. The van der Waals surface area contributed by atoms with E-state index in [2.05, 4.69) is 54.9 Å². The van der Waals surface area contributed by atoms with Gasteiger partial charge in [-0.15, -0.1) is 0 Å². The predicted molar refractivity (Wildman–Crippen MR) is 108 cm³/mol. The van der Waals surface area contributed by atoms with Gasteiger partial charge in [0, 0.05) is 19.2 Å². The first-order valence-electron chi connectivity index (χ1n) is 10.4. The fourth-order valence-electron chi connectivity index (χ4n) is 3.39. The van der Waals surface area contributed by atoms with Crippen molar-refractivity contribution < 1.29 is 0 Å². The van der Waals surface area contributed by atoms with Gasteiger partial charge in [-0.05, 0) is 37.7 Å². The zero-order chi connectivity index (χ0) is 17.7. The molecule has 0 N–H and O–H groups in total. The van der Waals surface area contributed by atoms with E-state index < -0.39 is 0 Å². The van der Waals surface area contributed by atoms with Crippen molar-refractivity contribution in [3.63, 3.8) is 0 Å². The van der Waals surface area contributed by atoms with E-state index >= 15 is 0 Å². The van der Waals surface area contributed by atoms with Crippen LogP contribution in [0.3, 0.4) is 0 Å². The Morgan fingerprint density at radius 1 is 0.760 bits per heavy atom. The number of rotatable bonds is 13. The summed E-state index contributed by atoms with van der Waals surface area (Å²) in [5.41, 5.74) is 2.72. The summed E-state index contributed by atoms with van der Waals surface area (Å²) in [6, 6.07) is 10.8. The molecule has 1 aromatic carbocycles. The van der Waals surface area contributed by atoms with E-state index in [9.17, 15) is 0 Å². The van der Waals surface area contributed by atoms with Crippen molar-refractivity contribution in [3.8, 4) is 0 Å². The maximum absolute atomic E-state index is 4.98. The quantitative estimate of drug-likeness (QED) is 0.387. The molecule has 0 aliphatic carbocycles. The van der Waals surface area contributed by atoms with Gasteiger partial charge in [0.2, 0.25) is 0 Å². The average molecular weight is 341 g/mol. The van der Waals surface area contributed by atoms with Crippen LogP contribution in [0.1, 0.15) is 82.3 Å². The second-order valence-corrected chi connectivity index (χ2v) is 7.20. The molecule has 1 heterocycles. The normalized spacial score (nSPS) is 11.1. The Kier molecular flexibility index (Phi) is 9.40. The number of hydrogen-bond donors (Lipinski definition) is 0. The van der Waals surface area contributed by atoms with Gasteiger partial charge in [0.15, 0.2) is 0 Å². The molecule has 0 spiro atoms. The van der Waals surface area contributed by atoms with Gasteiger partial charge in [-0.25, -0.2) is 4.98 Å². The molecule has 0 radical (unpaired) electrons. The zero-order valence-electron chi connectivity index (χ0n) is 16.3. The minimum Gasteiger partial charge on any atom is -0.335 e. The van der Waals surface area contributed by atoms with E-state index in [0.29, 0.717) is 0 Å². The van der Waals surface area contributed by atoms with Gasteiger partial charge >= 0.3 is 0 Å². The summed E-state index contributed by atoms with van der Waals surface area (Å²) >= 11 is 0. The summed E-state index contributed by atoms with van der Waals surface area (Å²) in [4.78, 5) is 4.98. The summed E-state index contributed by atoms with van der Waals surface area (Å²) in [6.45, 7) is 5.69. The molecule has 138 valence electrons. The molecule has 2 rings (SSSR count).